The minimum Gasteiger partial charge on any atom is -0.476 e. The van der Waals surface area contributed by atoms with Crippen LogP contribution in [0.5, 0.6) is 0 Å². The number of halogens is 3. The Morgan fingerprint density at radius 1 is 1.29 bits per heavy atom. The fourth-order valence-electron chi connectivity index (χ4n) is 2.84. The van der Waals surface area contributed by atoms with E-state index in [4.69, 9.17) is 10.8 Å². The van der Waals surface area contributed by atoms with Gasteiger partial charge in [0.25, 0.3) is 5.91 Å². The summed E-state index contributed by atoms with van der Waals surface area (Å²) in [6.45, 7) is 3.00. The Balaban J connectivity index is 0.000000229. The number of carboxylic acids is 1. The number of anilines is 1. The van der Waals surface area contributed by atoms with Gasteiger partial charge in [0.15, 0.2) is 5.69 Å². The number of alkyl halides is 3. The average Bonchev–Trinajstić information content (AvgIpc) is 3.29. The van der Waals surface area contributed by atoms with Crippen LogP contribution in [-0.4, -0.2) is 53.4 Å². The van der Waals surface area contributed by atoms with Crippen molar-refractivity contribution in [1.29, 1.82) is 0 Å². The monoisotopic (exact) mass is 455 g/mol. The third kappa shape index (κ3) is 4.96. The Morgan fingerprint density at radius 2 is 2.03 bits per heavy atom. The van der Waals surface area contributed by atoms with Gasteiger partial charge >= 0.3 is 12.1 Å². The second-order valence-corrected chi connectivity index (χ2v) is 7.35. The van der Waals surface area contributed by atoms with Gasteiger partial charge in [-0.25, -0.2) is 4.79 Å². The van der Waals surface area contributed by atoms with Gasteiger partial charge in [-0.15, -0.1) is 10.2 Å². The van der Waals surface area contributed by atoms with Crippen LogP contribution in [0.3, 0.4) is 0 Å². The molecule has 3 N–H and O–H groups in total. The first-order valence-corrected chi connectivity index (χ1v) is 9.55. The molecule has 0 saturated carbocycles. The highest BCUT2D eigenvalue weighted by Gasteiger charge is 2.35. The molecule has 0 unspecified atom stereocenters. The molecule has 4 heterocycles. The lowest BCUT2D eigenvalue weighted by Gasteiger charge is -2.27. The van der Waals surface area contributed by atoms with Crippen molar-refractivity contribution in [2.24, 2.45) is 0 Å². The van der Waals surface area contributed by atoms with Gasteiger partial charge < -0.3 is 15.7 Å². The zero-order valence-corrected chi connectivity index (χ0v) is 16.8. The van der Waals surface area contributed by atoms with E-state index < -0.39 is 17.2 Å². The number of hydrogen-bond acceptors (Lipinski definition) is 8. The molecule has 1 aliphatic heterocycles. The van der Waals surface area contributed by atoms with Gasteiger partial charge in [-0.1, -0.05) is 17.4 Å². The van der Waals surface area contributed by atoms with Crippen LogP contribution >= 0.6 is 11.3 Å². The lowest BCUT2D eigenvalue weighted by atomic mass is 10.1. The molecule has 3 aromatic heterocycles. The quantitative estimate of drug-likeness (QED) is 0.612. The van der Waals surface area contributed by atoms with Crippen LogP contribution in [0.15, 0.2) is 24.4 Å². The molecule has 3 aromatic rings. The van der Waals surface area contributed by atoms with E-state index in [0.29, 0.717) is 42.2 Å². The van der Waals surface area contributed by atoms with Gasteiger partial charge in [-0.3, -0.25) is 14.5 Å². The van der Waals surface area contributed by atoms with Crippen LogP contribution in [0.4, 0.5) is 18.3 Å². The normalized spacial score (nSPS) is 13.4. The zero-order valence-electron chi connectivity index (χ0n) is 16.0. The fraction of sp³-hybridized carbons (Fsp3) is 0.294. The van der Waals surface area contributed by atoms with E-state index >= 15 is 0 Å². The predicted octanol–water partition coefficient (Wildman–Crippen LogP) is 2.08. The number of fused-ring (bicyclic) bond motifs is 1. The van der Waals surface area contributed by atoms with Crippen LogP contribution in [0, 0.1) is 6.92 Å². The summed E-state index contributed by atoms with van der Waals surface area (Å²) < 4.78 is 36.4. The average molecular weight is 455 g/mol. The number of aromatic carboxylic acids is 1. The van der Waals surface area contributed by atoms with E-state index in [1.807, 2.05) is 18.2 Å². The minimum atomic E-state index is -4.42. The Hall–Kier alpha value is -3.55. The first-order chi connectivity index (χ1) is 14.6. The third-order valence-electron chi connectivity index (χ3n) is 4.23. The number of nitrogens with two attached hydrogens (primary N) is 1. The number of hydrogen-bond donors (Lipinski definition) is 2. The molecule has 164 valence electrons. The van der Waals surface area contributed by atoms with Gasteiger partial charge in [0, 0.05) is 18.3 Å². The third-order valence-corrected chi connectivity index (χ3v) is 5.02. The van der Waals surface area contributed by atoms with Crippen molar-refractivity contribution in [3.8, 4) is 0 Å². The lowest BCUT2D eigenvalue weighted by Crippen LogP contribution is -2.40. The molecule has 31 heavy (non-hydrogen) atoms. The molecule has 0 aliphatic carbocycles. The number of amides is 1. The number of pyridine rings is 1. The molecule has 0 bridgehead atoms. The second-order valence-electron chi connectivity index (χ2n) is 6.34. The first kappa shape index (κ1) is 22.1. The number of nitrogen functional groups attached to an aromatic ring is 1. The van der Waals surface area contributed by atoms with E-state index in [1.165, 1.54) is 4.68 Å². The van der Waals surface area contributed by atoms with Crippen LogP contribution in [0.25, 0.3) is 0 Å². The Kier molecular flexibility index (Phi) is 6.19. The van der Waals surface area contributed by atoms with E-state index in [9.17, 15) is 22.8 Å². The molecule has 4 rings (SSSR count). The summed E-state index contributed by atoms with van der Waals surface area (Å²) in [5.74, 6) is -1.32. The van der Waals surface area contributed by atoms with Crippen molar-refractivity contribution in [3.05, 3.63) is 52.0 Å². The van der Waals surface area contributed by atoms with Gasteiger partial charge in [-0.05, 0) is 19.1 Å². The van der Waals surface area contributed by atoms with Crippen molar-refractivity contribution in [1.82, 2.24) is 29.9 Å². The van der Waals surface area contributed by atoms with Crippen LogP contribution in [0.2, 0.25) is 0 Å². The topological polar surface area (TPSA) is 140 Å². The van der Waals surface area contributed by atoms with Crippen molar-refractivity contribution in [2.45, 2.75) is 26.2 Å². The molecule has 0 radical (unpaired) electrons. The number of carbonyl (C=O) groups is 2. The number of carbonyl (C=O) groups excluding carboxylic acids is 1. The van der Waals surface area contributed by atoms with Crippen LogP contribution < -0.4 is 5.73 Å². The molecular weight excluding hydrogens is 439 g/mol. The summed E-state index contributed by atoms with van der Waals surface area (Å²) in [5.41, 5.74) is 6.43. The highest BCUT2D eigenvalue weighted by Crippen LogP contribution is 2.31. The van der Waals surface area contributed by atoms with Gasteiger partial charge in [0.1, 0.15) is 5.69 Å². The fourth-order valence-corrected chi connectivity index (χ4v) is 3.32. The molecule has 0 spiro atoms. The summed E-state index contributed by atoms with van der Waals surface area (Å²) in [6.07, 6.45) is -2.74. The van der Waals surface area contributed by atoms with Gasteiger partial charge in [0.2, 0.25) is 10.1 Å². The highest BCUT2D eigenvalue weighted by molar-refractivity contribution is 7.15. The lowest BCUT2D eigenvalue weighted by molar-refractivity contribution is -0.138. The maximum absolute atomic E-state index is 12.5. The van der Waals surface area contributed by atoms with E-state index in [0.717, 1.165) is 5.69 Å². The number of carboxylic acid groups (broad SMARTS) is 1. The molecule has 0 saturated heterocycles. The van der Waals surface area contributed by atoms with Gasteiger partial charge in [-0.2, -0.15) is 18.3 Å². The van der Waals surface area contributed by atoms with E-state index in [-0.39, 0.29) is 16.7 Å². The standard InChI is InChI=1S/C14H14N4O3.C3H2F3N3S/c1-9-11(14(20)21)16-18-7-6-17(13(19)12(9)18)8-10-4-2-3-5-15-10;4-3(5,6)1-8-9-2(7)10-1/h2-5H,6-8H2,1H3,(H,20,21);(H2,7,9). The zero-order chi connectivity index (χ0) is 22.8. The molecule has 0 atom stereocenters. The second kappa shape index (κ2) is 8.67. The van der Waals surface area contributed by atoms with E-state index in [1.54, 1.807) is 18.0 Å². The van der Waals surface area contributed by atoms with Crippen molar-refractivity contribution in [3.63, 3.8) is 0 Å². The highest BCUT2D eigenvalue weighted by atomic mass is 32.1. The molecule has 0 aromatic carbocycles. The van der Waals surface area contributed by atoms with E-state index in [2.05, 4.69) is 20.3 Å². The van der Waals surface area contributed by atoms with Crippen molar-refractivity contribution < 1.29 is 27.9 Å². The molecule has 0 fully saturated rings. The summed E-state index contributed by atoms with van der Waals surface area (Å²) in [7, 11) is 0. The number of rotatable bonds is 3. The Labute approximate surface area is 177 Å². The van der Waals surface area contributed by atoms with Crippen molar-refractivity contribution >= 4 is 28.3 Å². The maximum Gasteiger partial charge on any atom is 0.445 e. The minimum absolute atomic E-state index is 0.0574. The largest absolute Gasteiger partial charge is 0.476 e. The molecular formula is C17H16F3N7O3S. The Morgan fingerprint density at radius 3 is 2.55 bits per heavy atom. The first-order valence-electron chi connectivity index (χ1n) is 8.74. The molecule has 1 aliphatic rings. The SMILES string of the molecule is Cc1c(C(=O)O)nn2c1C(=O)N(Cc1ccccn1)CC2.Nc1nnc(C(F)(F)F)s1. The van der Waals surface area contributed by atoms with Crippen molar-refractivity contribution in [2.75, 3.05) is 12.3 Å². The van der Waals surface area contributed by atoms with Crippen LogP contribution in [-0.2, 0) is 19.3 Å². The molecule has 1 amide bonds. The summed E-state index contributed by atoms with van der Waals surface area (Å²) in [6, 6.07) is 5.55. The van der Waals surface area contributed by atoms with Gasteiger partial charge in [0.05, 0.1) is 18.8 Å². The summed E-state index contributed by atoms with van der Waals surface area (Å²) in [4.78, 5) is 29.5. The summed E-state index contributed by atoms with van der Waals surface area (Å²) >= 11 is 0.325. The Bertz CT molecular complexity index is 1100. The summed E-state index contributed by atoms with van der Waals surface area (Å²) in [5, 5.41) is 17.7. The number of nitrogens with zero attached hydrogens (tertiary/aromatic N) is 6. The number of aromatic nitrogens is 5. The predicted molar refractivity (Wildman–Crippen MR) is 102 cm³/mol. The smallest absolute Gasteiger partial charge is 0.445 e. The molecule has 10 nitrogen and oxygen atoms in total. The maximum atomic E-state index is 12.5. The van der Waals surface area contributed by atoms with Crippen LogP contribution in [0.1, 0.15) is 37.2 Å². The molecule has 14 heteroatoms.